The van der Waals surface area contributed by atoms with E-state index in [0.717, 1.165) is 5.56 Å². The van der Waals surface area contributed by atoms with Gasteiger partial charge in [-0.05, 0) is 33.3 Å². The SMILES string of the molecule is CCN(Cc1ccccc1)C(=O)C(=O)OC(C)(C)C. The summed E-state index contributed by atoms with van der Waals surface area (Å²) in [5.41, 5.74) is 0.333. The summed E-state index contributed by atoms with van der Waals surface area (Å²) in [6.45, 7) is 7.94. The van der Waals surface area contributed by atoms with Gasteiger partial charge in [0.2, 0.25) is 0 Å². The number of nitrogens with zero attached hydrogens (tertiary/aromatic N) is 1. The molecule has 1 aromatic carbocycles. The van der Waals surface area contributed by atoms with Crippen LogP contribution in [0.2, 0.25) is 0 Å². The second-order valence-corrected chi connectivity index (χ2v) is 5.31. The van der Waals surface area contributed by atoms with E-state index in [9.17, 15) is 9.59 Å². The molecule has 1 rings (SSSR count). The number of carbonyl (C=O) groups is 2. The average molecular weight is 263 g/mol. The summed E-state index contributed by atoms with van der Waals surface area (Å²) < 4.78 is 5.09. The van der Waals surface area contributed by atoms with Crippen molar-refractivity contribution in [1.82, 2.24) is 4.90 Å². The highest BCUT2D eigenvalue weighted by Gasteiger charge is 2.26. The van der Waals surface area contributed by atoms with Crippen molar-refractivity contribution in [1.29, 1.82) is 0 Å². The molecular formula is C15H21NO3. The van der Waals surface area contributed by atoms with Crippen molar-refractivity contribution in [3.05, 3.63) is 35.9 Å². The van der Waals surface area contributed by atoms with E-state index in [1.54, 1.807) is 20.8 Å². The van der Waals surface area contributed by atoms with Crippen LogP contribution in [0, 0.1) is 0 Å². The van der Waals surface area contributed by atoms with Gasteiger partial charge in [0.1, 0.15) is 5.60 Å². The minimum atomic E-state index is -0.801. The van der Waals surface area contributed by atoms with Crippen LogP contribution in [0.5, 0.6) is 0 Å². The third-order valence-electron chi connectivity index (χ3n) is 2.46. The fourth-order valence-electron chi connectivity index (χ4n) is 1.58. The van der Waals surface area contributed by atoms with Gasteiger partial charge < -0.3 is 9.64 Å². The molecule has 1 amide bonds. The molecule has 0 bridgehead atoms. The van der Waals surface area contributed by atoms with Gasteiger partial charge in [-0.1, -0.05) is 30.3 Å². The lowest BCUT2D eigenvalue weighted by Crippen LogP contribution is -2.40. The predicted molar refractivity (Wildman–Crippen MR) is 73.4 cm³/mol. The number of hydrogen-bond donors (Lipinski definition) is 0. The summed E-state index contributed by atoms with van der Waals surface area (Å²) in [6, 6.07) is 9.56. The molecule has 4 nitrogen and oxygen atoms in total. The maximum atomic E-state index is 12.0. The summed E-state index contributed by atoms with van der Waals surface area (Å²) in [5, 5.41) is 0. The molecule has 0 saturated heterocycles. The zero-order chi connectivity index (χ0) is 14.5. The van der Waals surface area contributed by atoms with E-state index in [4.69, 9.17) is 4.74 Å². The Hall–Kier alpha value is -1.84. The topological polar surface area (TPSA) is 46.6 Å². The van der Waals surface area contributed by atoms with E-state index >= 15 is 0 Å². The molecule has 0 heterocycles. The normalized spacial score (nSPS) is 10.9. The van der Waals surface area contributed by atoms with E-state index in [-0.39, 0.29) is 0 Å². The van der Waals surface area contributed by atoms with Crippen molar-refractivity contribution < 1.29 is 14.3 Å². The number of benzene rings is 1. The van der Waals surface area contributed by atoms with E-state index in [1.165, 1.54) is 4.90 Å². The van der Waals surface area contributed by atoms with E-state index in [1.807, 2.05) is 37.3 Å². The fraction of sp³-hybridized carbons (Fsp3) is 0.467. The van der Waals surface area contributed by atoms with E-state index in [0.29, 0.717) is 13.1 Å². The van der Waals surface area contributed by atoms with Crippen LogP contribution in [-0.2, 0) is 20.9 Å². The van der Waals surface area contributed by atoms with Crippen molar-refractivity contribution in [2.75, 3.05) is 6.54 Å². The molecular weight excluding hydrogens is 242 g/mol. The van der Waals surface area contributed by atoms with Crippen LogP contribution in [0.3, 0.4) is 0 Å². The summed E-state index contributed by atoms with van der Waals surface area (Å²) in [5.74, 6) is -1.40. The van der Waals surface area contributed by atoms with Gasteiger partial charge in [-0.15, -0.1) is 0 Å². The molecule has 0 aliphatic rings. The quantitative estimate of drug-likeness (QED) is 0.621. The molecule has 0 N–H and O–H groups in total. The van der Waals surface area contributed by atoms with E-state index in [2.05, 4.69) is 0 Å². The molecule has 0 aromatic heterocycles. The van der Waals surface area contributed by atoms with Crippen LogP contribution in [0.15, 0.2) is 30.3 Å². The number of hydrogen-bond acceptors (Lipinski definition) is 3. The minimum absolute atomic E-state index is 0.412. The molecule has 0 fully saturated rings. The number of esters is 1. The number of ether oxygens (including phenoxy) is 1. The van der Waals surface area contributed by atoms with Crippen LogP contribution >= 0.6 is 0 Å². The first-order chi connectivity index (χ1) is 8.83. The highest BCUT2D eigenvalue weighted by atomic mass is 16.6. The van der Waals surface area contributed by atoms with Crippen LogP contribution in [-0.4, -0.2) is 28.9 Å². The molecule has 0 atom stereocenters. The number of likely N-dealkylation sites (N-methyl/N-ethyl adjacent to an activating group) is 1. The molecule has 0 radical (unpaired) electrons. The van der Waals surface area contributed by atoms with Crippen LogP contribution < -0.4 is 0 Å². The Morgan fingerprint density at radius 1 is 1.16 bits per heavy atom. The largest absolute Gasteiger partial charge is 0.453 e. The summed E-state index contributed by atoms with van der Waals surface area (Å²) in [4.78, 5) is 25.2. The molecule has 4 heteroatoms. The molecule has 0 spiro atoms. The van der Waals surface area contributed by atoms with Gasteiger partial charge in [0.05, 0.1) is 0 Å². The smallest absolute Gasteiger partial charge is 0.397 e. The predicted octanol–water partition coefficient (Wildman–Crippen LogP) is 2.38. The maximum absolute atomic E-state index is 12.0. The molecule has 0 unspecified atom stereocenters. The zero-order valence-electron chi connectivity index (χ0n) is 12.0. The van der Waals surface area contributed by atoms with Crippen molar-refractivity contribution in [2.45, 2.75) is 39.8 Å². The first kappa shape index (κ1) is 15.2. The number of carbonyl (C=O) groups excluding carboxylic acids is 2. The van der Waals surface area contributed by atoms with E-state index < -0.39 is 17.5 Å². The first-order valence-electron chi connectivity index (χ1n) is 6.39. The molecule has 104 valence electrons. The molecule has 0 aliphatic carbocycles. The first-order valence-corrected chi connectivity index (χ1v) is 6.39. The highest BCUT2D eigenvalue weighted by molar-refractivity contribution is 6.32. The molecule has 1 aromatic rings. The van der Waals surface area contributed by atoms with Crippen molar-refractivity contribution in [3.63, 3.8) is 0 Å². The van der Waals surface area contributed by atoms with Crippen LogP contribution in [0.25, 0.3) is 0 Å². The van der Waals surface area contributed by atoms with Gasteiger partial charge in [-0.25, -0.2) is 4.79 Å². The summed E-state index contributed by atoms with van der Waals surface area (Å²) in [7, 11) is 0. The van der Waals surface area contributed by atoms with Gasteiger partial charge in [0, 0.05) is 13.1 Å². The van der Waals surface area contributed by atoms with Crippen LogP contribution in [0.1, 0.15) is 33.3 Å². The van der Waals surface area contributed by atoms with Gasteiger partial charge in [0.25, 0.3) is 0 Å². The molecule has 0 aliphatic heterocycles. The second kappa shape index (κ2) is 6.36. The molecule has 0 saturated carbocycles. The Balaban J connectivity index is 2.69. The zero-order valence-corrected chi connectivity index (χ0v) is 12.0. The Morgan fingerprint density at radius 2 is 1.74 bits per heavy atom. The van der Waals surface area contributed by atoms with Crippen molar-refractivity contribution >= 4 is 11.9 Å². The fourth-order valence-corrected chi connectivity index (χ4v) is 1.58. The second-order valence-electron chi connectivity index (χ2n) is 5.31. The Bertz CT molecular complexity index is 434. The monoisotopic (exact) mass is 263 g/mol. The Morgan fingerprint density at radius 3 is 2.21 bits per heavy atom. The standard InChI is InChI=1S/C15H21NO3/c1-5-16(11-12-9-7-6-8-10-12)13(17)14(18)19-15(2,3)4/h6-10H,5,11H2,1-4H3. The Labute approximate surface area is 114 Å². The average Bonchev–Trinajstić information content (AvgIpc) is 2.34. The lowest BCUT2D eigenvalue weighted by atomic mass is 10.2. The Kier molecular flexibility index (Phi) is 5.10. The minimum Gasteiger partial charge on any atom is -0.453 e. The molecule has 19 heavy (non-hydrogen) atoms. The highest BCUT2D eigenvalue weighted by Crippen LogP contribution is 2.10. The summed E-state index contributed by atoms with van der Waals surface area (Å²) in [6.07, 6.45) is 0. The third kappa shape index (κ3) is 5.12. The third-order valence-corrected chi connectivity index (χ3v) is 2.46. The van der Waals surface area contributed by atoms with Crippen LogP contribution in [0.4, 0.5) is 0 Å². The summed E-state index contributed by atoms with van der Waals surface area (Å²) >= 11 is 0. The lowest BCUT2D eigenvalue weighted by molar-refractivity contribution is -0.168. The lowest BCUT2D eigenvalue weighted by Gasteiger charge is -2.23. The number of amides is 1. The van der Waals surface area contributed by atoms with Crippen molar-refractivity contribution in [2.24, 2.45) is 0 Å². The van der Waals surface area contributed by atoms with Crippen molar-refractivity contribution in [3.8, 4) is 0 Å². The van der Waals surface area contributed by atoms with Gasteiger partial charge in [-0.3, -0.25) is 4.79 Å². The van der Waals surface area contributed by atoms with Gasteiger partial charge in [-0.2, -0.15) is 0 Å². The van der Waals surface area contributed by atoms with Gasteiger partial charge >= 0.3 is 11.9 Å². The maximum Gasteiger partial charge on any atom is 0.397 e. The number of rotatable bonds is 3. The van der Waals surface area contributed by atoms with Gasteiger partial charge in [0.15, 0.2) is 0 Å².